The van der Waals surface area contributed by atoms with Crippen LogP contribution in [0.4, 0.5) is 4.39 Å². The molecule has 0 aliphatic carbocycles. The fourth-order valence-electron chi connectivity index (χ4n) is 1.59. The van der Waals surface area contributed by atoms with Gasteiger partial charge in [0, 0.05) is 17.0 Å². The van der Waals surface area contributed by atoms with Crippen LogP contribution in [0.15, 0.2) is 18.2 Å². The number of alkyl halides is 1. The third-order valence-corrected chi connectivity index (χ3v) is 2.67. The van der Waals surface area contributed by atoms with Crippen molar-refractivity contribution in [2.45, 2.75) is 38.6 Å². The molecule has 0 radical (unpaired) electrons. The number of halogens is 2. The summed E-state index contributed by atoms with van der Waals surface area (Å²) in [5.41, 5.74) is 0.867. The maximum atomic E-state index is 13.3. The highest BCUT2D eigenvalue weighted by Gasteiger charge is 2.12. The molecule has 2 atom stereocenters. The third kappa shape index (κ3) is 4.35. The molecule has 4 heteroatoms. The van der Waals surface area contributed by atoms with E-state index in [1.807, 2.05) is 13.8 Å². The fourth-order valence-corrected chi connectivity index (χ4v) is 1.85. The highest BCUT2D eigenvalue weighted by Crippen LogP contribution is 2.10. The zero-order valence-corrected chi connectivity index (χ0v) is 11.0. The smallest absolute Gasteiger partial charge is 0.251 e. The second-order valence-electron chi connectivity index (χ2n) is 4.35. The molecule has 0 saturated heterocycles. The Morgan fingerprint density at radius 3 is 2.65 bits per heavy atom. The molecule has 1 aromatic carbocycles. The van der Waals surface area contributed by atoms with Gasteiger partial charge in [-0.1, -0.05) is 6.07 Å². The minimum Gasteiger partial charge on any atom is -0.350 e. The van der Waals surface area contributed by atoms with Gasteiger partial charge in [-0.3, -0.25) is 4.79 Å². The van der Waals surface area contributed by atoms with E-state index in [1.165, 1.54) is 6.07 Å². The maximum Gasteiger partial charge on any atom is 0.251 e. The summed E-state index contributed by atoms with van der Waals surface area (Å²) in [6.45, 7) is 5.41. The van der Waals surface area contributed by atoms with E-state index in [9.17, 15) is 9.18 Å². The molecular formula is C13H17ClFNO. The SMILES string of the molecule is Cc1ccc(C(=O)NC(C)CC(C)Cl)cc1F. The highest BCUT2D eigenvalue weighted by atomic mass is 35.5. The lowest BCUT2D eigenvalue weighted by molar-refractivity contribution is 0.0938. The minimum atomic E-state index is -0.365. The number of hydrogen-bond donors (Lipinski definition) is 1. The zero-order chi connectivity index (χ0) is 13.0. The Balaban J connectivity index is 2.66. The predicted molar refractivity (Wildman–Crippen MR) is 68.0 cm³/mol. The molecule has 2 unspecified atom stereocenters. The van der Waals surface area contributed by atoms with E-state index in [0.29, 0.717) is 17.5 Å². The molecule has 0 aliphatic heterocycles. The van der Waals surface area contributed by atoms with Crippen LogP contribution in [0.1, 0.15) is 36.2 Å². The lowest BCUT2D eigenvalue weighted by Crippen LogP contribution is -2.34. The van der Waals surface area contributed by atoms with Gasteiger partial charge in [-0.2, -0.15) is 0 Å². The van der Waals surface area contributed by atoms with Gasteiger partial charge in [0.15, 0.2) is 0 Å². The van der Waals surface area contributed by atoms with Crippen LogP contribution in [0.25, 0.3) is 0 Å². The molecule has 0 fully saturated rings. The maximum absolute atomic E-state index is 13.3. The van der Waals surface area contributed by atoms with Crippen molar-refractivity contribution in [3.63, 3.8) is 0 Å². The first-order chi connectivity index (χ1) is 7.90. The monoisotopic (exact) mass is 257 g/mol. The number of benzene rings is 1. The van der Waals surface area contributed by atoms with Crippen molar-refractivity contribution in [2.24, 2.45) is 0 Å². The Bertz CT molecular complexity index is 406. The summed E-state index contributed by atoms with van der Waals surface area (Å²) in [6, 6.07) is 4.44. The normalized spacial score (nSPS) is 14.2. The Kier molecular flexibility index (Phi) is 4.94. The second-order valence-corrected chi connectivity index (χ2v) is 5.10. The van der Waals surface area contributed by atoms with Gasteiger partial charge < -0.3 is 5.32 Å². The van der Waals surface area contributed by atoms with Gasteiger partial charge in [0.05, 0.1) is 0 Å². The summed E-state index contributed by atoms with van der Waals surface area (Å²) < 4.78 is 13.3. The minimum absolute atomic E-state index is 0.0000499. The highest BCUT2D eigenvalue weighted by molar-refractivity contribution is 6.20. The number of carbonyl (C=O) groups is 1. The number of aryl methyl sites for hydroxylation is 1. The number of amides is 1. The molecule has 0 bridgehead atoms. The summed E-state index contributed by atoms with van der Waals surface area (Å²) in [7, 11) is 0. The molecule has 17 heavy (non-hydrogen) atoms. The molecule has 1 aromatic rings. The van der Waals surface area contributed by atoms with Crippen molar-refractivity contribution < 1.29 is 9.18 Å². The number of hydrogen-bond acceptors (Lipinski definition) is 1. The van der Waals surface area contributed by atoms with Crippen LogP contribution >= 0.6 is 11.6 Å². The van der Waals surface area contributed by atoms with E-state index in [1.54, 1.807) is 19.1 Å². The summed E-state index contributed by atoms with van der Waals surface area (Å²) in [5.74, 6) is -0.635. The van der Waals surface area contributed by atoms with Crippen molar-refractivity contribution in [1.29, 1.82) is 0 Å². The van der Waals surface area contributed by atoms with Crippen LogP contribution in [0.2, 0.25) is 0 Å². The largest absolute Gasteiger partial charge is 0.350 e. The zero-order valence-electron chi connectivity index (χ0n) is 10.3. The van der Waals surface area contributed by atoms with Crippen molar-refractivity contribution in [1.82, 2.24) is 5.32 Å². The lowest BCUT2D eigenvalue weighted by Gasteiger charge is -2.15. The van der Waals surface area contributed by atoms with E-state index in [-0.39, 0.29) is 23.1 Å². The van der Waals surface area contributed by atoms with E-state index in [4.69, 9.17) is 11.6 Å². The van der Waals surface area contributed by atoms with Crippen LogP contribution in [0.5, 0.6) is 0 Å². The van der Waals surface area contributed by atoms with Gasteiger partial charge >= 0.3 is 0 Å². The van der Waals surface area contributed by atoms with E-state index in [0.717, 1.165) is 0 Å². The Hall–Kier alpha value is -1.09. The van der Waals surface area contributed by atoms with Gasteiger partial charge in [0.1, 0.15) is 5.82 Å². The van der Waals surface area contributed by atoms with E-state index >= 15 is 0 Å². The van der Waals surface area contributed by atoms with Gasteiger partial charge in [0.2, 0.25) is 0 Å². The molecule has 0 aromatic heterocycles. The molecule has 0 spiro atoms. The lowest BCUT2D eigenvalue weighted by atomic mass is 10.1. The van der Waals surface area contributed by atoms with Crippen LogP contribution in [-0.4, -0.2) is 17.3 Å². The fraction of sp³-hybridized carbons (Fsp3) is 0.462. The van der Waals surface area contributed by atoms with Crippen LogP contribution in [0, 0.1) is 12.7 Å². The number of rotatable bonds is 4. The third-order valence-electron chi connectivity index (χ3n) is 2.49. The van der Waals surface area contributed by atoms with Crippen molar-refractivity contribution in [3.8, 4) is 0 Å². The topological polar surface area (TPSA) is 29.1 Å². The van der Waals surface area contributed by atoms with Crippen LogP contribution < -0.4 is 5.32 Å². The molecule has 94 valence electrons. The molecule has 1 N–H and O–H groups in total. The molecular weight excluding hydrogens is 241 g/mol. The molecule has 0 saturated carbocycles. The standard InChI is InChI=1S/C13H17ClFNO/c1-8-4-5-11(7-12(8)15)13(17)16-10(3)6-9(2)14/h4-5,7,9-10H,6H2,1-3H3,(H,16,17). The predicted octanol–water partition coefficient (Wildman–Crippen LogP) is 3.27. The first-order valence-electron chi connectivity index (χ1n) is 5.61. The number of carbonyl (C=O) groups excluding carboxylic acids is 1. The van der Waals surface area contributed by atoms with Gasteiger partial charge in [-0.15, -0.1) is 11.6 Å². The average Bonchev–Trinajstić information content (AvgIpc) is 2.20. The summed E-state index contributed by atoms with van der Waals surface area (Å²) in [5, 5.41) is 2.78. The van der Waals surface area contributed by atoms with Crippen molar-refractivity contribution >= 4 is 17.5 Å². The first kappa shape index (κ1) is 14.0. The van der Waals surface area contributed by atoms with Gasteiger partial charge in [-0.05, 0) is 44.9 Å². The Morgan fingerprint density at radius 1 is 1.47 bits per heavy atom. The van der Waals surface area contributed by atoms with Gasteiger partial charge in [0.25, 0.3) is 5.91 Å². The quantitative estimate of drug-likeness (QED) is 0.824. The molecule has 2 nitrogen and oxygen atoms in total. The first-order valence-corrected chi connectivity index (χ1v) is 6.05. The average molecular weight is 258 g/mol. The summed E-state index contributed by atoms with van der Waals surface area (Å²) >= 11 is 5.84. The Morgan fingerprint density at radius 2 is 2.12 bits per heavy atom. The Labute approximate surface area is 106 Å². The molecule has 0 heterocycles. The van der Waals surface area contributed by atoms with E-state index < -0.39 is 0 Å². The van der Waals surface area contributed by atoms with Crippen molar-refractivity contribution in [3.05, 3.63) is 35.1 Å². The summed E-state index contributed by atoms with van der Waals surface area (Å²) in [4.78, 5) is 11.8. The second kappa shape index (κ2) is 6.01. The molecule has 0 aliphatic rings. The van der Waals surface area contributed by atoms with Gasteiger partial charge in [-0.25, -0.2) is 4.39 Å². The number of nitrogens with one attached hydrogen (secondary N) is 1. The van der Waals surface area contributed by atoms with Crippen LogP contribution in [-0.2, 0) is 0 Å². The molecule has 1 amide bonds. The van der Waals surface area contributed by atoms with Crippen molar-refractivity contribution in [2.75, 3.05) is 0 Å². The molecule has 1 rings (SSSR count). The van der Waals surface area contributed by atoms with E-state index in [2.05, 4.69) is 5.32 Å². The van der Waals surface area contributed by atoms with Crippen LogP contribution in [0.3, 0.4) is 0 Å². The summed E-state index contributed by atoms with van der Waals surface area (Å²) in [6.07, 6.45) is 0.682.